The van der Waals surface area contributed by atoms with Crippen LogP contribution in [0.1, 0.15) is 32.3 Å². The Bertz CT molecular complexity index is 528. The summed E-state index contributed by atoms with van der Waals surface area (Å²) in [5.74, 6) is 2.46. The highest BCUT2D eigenvalue weighted by atomic mass is 16.6. The molecule has 1 aromatic rings. The van der Waals surface area contributed by atoms with Crippen LogP contribution in [-0.4, -0.2) is 57.0 Å². The molecule has 0 radical (unpaired) electrons. The molecule has 1 saturated heterocycles. The molecule has 1 unspecified atom stereocenters. The van der Waals surface area contributed by atoms with Crippen LogP contribution in [0.15, 0.2) is 18.2 Å². The average Bonchev–Trinajstić information content (AvgIpc) is 2.68. The normalized spacial score (nSPS) is 19.2. The molecule has 3 rings (SSSR count). The van der Waals surface area contributed by atoms with Gasteiger partial charge in [-0.1, -0.05) is 32.8 Å². The van der Waals surface area contributed by atoms with Crippen LogP contribution in [0, 0.1) is 5.92 Å². The van der Waals surface area contributed by atoms with Gasteiger partial charge < -0.3 is 19.5 Å². The van der Waals surface area contributed by atoms with Gasteiger partial charge in [-0.2, -0.15) is 0 Å². The summed E-state index contributed by atoms with van der Waals surface area (Å²) in [6.07, 6.45) is 2.45. The van der Waals surface area contributed by atoms with E-state index in [-0.39, 0.29) is 0 Å². The Morgan fingerprint density at radius 1 is 1.00 bits per heavy atom. The van der Waals surface area contributed by atoms with Gasteiger partial charge in [0.2, 0.25) is 0 Å². The highest BCUT2D eigenvalue weighted by molar-refractivity contribution is 5.43. The summed E-state index contributed by atoms with van der Waals surface area (Å²) >= 11 is 0. The maximum atomic E-state index is 5.68. The van der Waals surface area contributed by atoms with E-state index in [1.54, 1.807) is 0 Å². The molecule has 1 fully saturated rings. The smallest absolute Gasteiger partial charge is 0.161 e. The van der Waals surface area contributed by atoms with E-state index < -0.39 is 0 Å². The van der Waals surface area contributed by atoms with Gasteiger partial charge in [0, 0.05) is 32.2 Å². The number of hydrogen-bond donors (Lipinski definition) is 1. The first kappa shape index (κ1) is 18.5. The van der Waals surface area contributed by atoms with E-state index in [2.05, 4.69) is 36.2 Å². The van der Waals surface area contributed by atoms with E-state index >= 15 is 0 Å². The average molecular weight is 348 g/mol. The van der Waals surface area contributed by atoms with E-state index in [0.717, 1.165) is 56.8 Å². The van der Waals surface area contributed by atoms with Crippen molar-refractivity contribution >= 4 is 0 Å². The zero-order valence-corrected chi connectivity index (χ0v) is 15.6. The Morgan fingerprint density at radius 2 is 1.72 bits per heavy atom. The van der Waals surface area contributed by atoms with Crippen LogP contribution in [0.4, 0.5) is 0 Å². The van der Waals surface area contributed by atoms with Crippen LogP contribution in [0.2, 0.25) is 0 Å². The molecule has 0 saturated carbocycles. The fourth-order valence-corrected chi connectivity index (χ4v) is 3.90. The summed E-state index contributed by atoms with van der Waals surface area (Å²) in [7, 11) is 0. The zero-order valence-electron chi connectivity index (χ0n) is 15.6. The maximum Gasteiger partial charge on any atom is 0.161 e. The SMILES string of the molecule is CCC(CC)C(CNCc1ccc2c(c1)OCCO2)N1CCOCC1. The molecule has 1 aromatic carbocycles. The molecule has 25 heavy (non-hydrogen) atoms. The van der Waals surface area contributed by atoms with Crippen molar-refractivity contribution in [2.75, 3.05) is 46.1 Å². The minimum Gasteiger partial charge on any atom is -0.486 e. The number of rotatable bonds is 8. The first-order valence-electron chi connectivity index (χ1n) is 9.72. The van der Waals surface area contributed by atoms with Crippen LogP contribution in [0.5, 0.6) is 11.5 Å². The second kappa shape index (κ2) is 9.41. The lowest BCUT2D eigenvalue weighted by atomic mass is 9.92. The van der Waals surface area contributed by atoms with Crippen LogP contribution in [-0.2, 0) is 11.3 Å². The summed E-state index contributed by atoms with van der Waals surface area (Å²) in [5, 5.41) is 3.68. The van der Waals surface area contributed by atoms with Crippen LogP contribution in [0.3, 0.4) is 0 Å². The minimum absolute atomic E-state index is 0.580. The van der Waals surface area contributed by atoms with E-state index in [0.29, 0.717) is 19.3 Å². The van der Waals surface area contributed by atoms with Crippen molar-refractivity contribution in [2.24, 2.45) is 5.92 Å². The molecule has 0 bridgehead atoms. The predicted molar refractivity (Wildman–Crippen MR) is 99.4 cm³/mol. The van der Waals surface area contributed by atoms with Gasteiger partial charge in [-0.3, -0.25) is 4.90 Å². The summed E-state index contributed by atoms with van der Waals surface area (Å²) in [4.78, 5) is 2.61. The van der Waals surface area contributed by atoms with Crippen molar-refractivity contribution < 1.29 is 14.2 Å². The molecule has 1 N–H and O–H groups in total. The summed E-state index contributed by atoms with van der Waals surface area (Å²) < 4.78 is 16.8. The first-order valence-corrected chi connectivity index (χ1v) is 9.72. The Hall–Kier alpha value is -1.30. The second-order valence-corrected chi connectivity index (χ2v) is 6.90. The fourth-order valence-electron chi connectivity index (χ4n) is 3.90. The van der Waals surface area contributed by atoms with Crippen LogP contribution >= 0.6 is 0 Å². The second-order valence-electron chi connectivity index (χ2n) is 6.90. The van der Waals surface area contributed by atoms with E-state index in [4.69, 9.17) is 14.2 Å². The van der Waals surface area contributed by atoms with E-state index in [1.165, 1.54) is 18.4 Å². The van der Waals surface area contributed by atoms with Crippen LogP contribution < -0.4 is 14.8 Å². The minimum atomic E-state index is 0.580. The van der Waals surface area contributed by atoms with Gasteiger partial charge in [0.25, 0.3) is 0 Å². The molecular weight excluding hydrogens is 316 g/mol. The maximum absolute atomic E-state index is 5.68. The number of ether oxygens (including phenoxy) is 3. The lowest BCUT2D eigenvalue weighted by Crippen LogP contribution is -2.51. The molecule has 0 spiro atoms. The molecule has 1 atom stereocenters. The van der Waals surface area contributed by atoms with E-state index in [1.807, 2.05) is 6.07 Å². The van der Waals surface area contributed by atoms with Crippen molar-refractivity contribution in [3.05, 3.63) is 23.8 Å². The molecule has 2 aliphatic heterocycles. The molecule has 0 aromatic heterocycles. The van der Waals surface area contributed by atoms with Crippen molar-refractivity contribution in [2.45, 2.75) is 39.3 Å². The molecule has 5 heteroatoms. The highest BCUT2D eigenvalue weighted by Crippen LogP contribution is 2.30. The molecule has 5 nitrogen and oxygen atoms in total. The lowest BCUT2D eigenvalue weighted by Gasteiger charge is -2.39. The third-order valence-corrected chi connectivity index (χ3v) is 5.40. The molecule has 2 aliphatic rings. The number of nitrogens with one attached hydrogen (secondary N) is 1. The molecule has 2 heterocycles. The third kappa shape index (κ3) is 4.87. The largest absolute Gasteiger partial charge is 0.486 e. The number of morpholine rings is 1. The topological polar surface area (TPSA) is 43.0 Å². The Balaban J connectivity index is 1.57. The van der Waals surface area contributed by atoms with Gasteiger partial charge in [0.15, 0.2) is 11.5 Å². The van der Waals surface area contributed by atoms with E-state index in [9.17, 15) is 0 Å². The van der Waals surface area contributed by atoms with Crippen LogP contribution in [0.25, 0.3) is 0 Å². The monoisotopic (exact) mass is 348 g/mol. The van der Waals surface area contributed by atoms with Crippen molar-refractivity contribution in [1.82, 2.24) is 10.2 Å². The lowest BCUT2D eigenvalue weighted by molar-refractivity contribution is 0.00161. The van der Waals surface area contributed by atoms with Crippen molar-refractivity contribution in [1.29, 1.82) is 0 Å². The summed E-state index contributed by atoms with van der Waals surface area (Å²) in [6.45, 7) is 11.6. The predicted octanol–water partition coefficient (Wildman–Crippen LogP) is 2.68. The standard InChI is InChI=1S/C20H32N2O3/c1-3-17(4-2)18(22-7-9-23-10-8-22)15-21-14-16-5-6-19-20(13-16)25-12-11-24-19/h5-6,13,17-18,21H,3-4,7-12,14-15H2,1-2H3. The number of hydrogen-bond acceptors (Lipinski definition) is 5. The zero-order chi connectivity index (χ0) is 17.5. The molecule has 0 amide bonds. The Kier molecular flexibility index (Phi) is 6.96. The quantitative estimate of drug-likeness (QED) is 0.782. The van der Waals surface area contributed by atoms with Gasteiger partial charge in [-0.25, -0.2) is 0 Å². The fraction of sp³-hybridized carbons (Fsp3) is 0.700. The third-order valence-electron chi connectivity index (χ3n) is 5.40. The number of fused-ring (bicyclic) bond motifs is 1. The summed E-state index contributed by atoms with van der Waals surface area (Å²) in [6, 6.07) is 6.83. The Labute approximate surface area is 151 Å². The number of nitrogens with zero attached hydrogens (tertiary/aromatic N) is 1. The van der Waals surface area contributed by atoms with Gasteiger partial charge in [0.1, 0.15) is 13.2 Å². The molecule has 140 valence electrons. The van der Waals surface area contributed by atoms with Crippen molar-refractivity contribution in [3.8, 4) is 11.5 Å². The van der Waals surface area contributed by atoms with Gasteiger partial charge >= 0.3 is 0 Å². The van der Waals surface area contributed by atoms with Gasteiger partial charge in [0.05, 0.1) is 13.2 Å². The van der Waals surface area contributed by atoms with Gasteiger partial charge in [-0.15, -0.1) is 0 Å². The Morgan fingerprint density at radius 3 is 2.44 bits per heavy atom. The molecule has 0 aliphatic carbocycles. The number of benzene rings is 1. The highest BCUT2D eigenvalue weighted by Gasteiger charge is 2.26. The first-order chi connectivity index (χ1) is 12.3. The molecular formula is C20H32N2O3. The van der Waals surface area contributed by atoms with Gasteiger partial charge in [-0.05, 0) is 23.6 Å². The summed E-state index contributed by atoms with van der Waals surface area (Å²) in [5.41, 5.74) is 1.24. The van der Waals surface area contributed by atoms with Crippen molar-refractivity contribution in [3.63, 3.8) is 0 Å².